The number of ether oxygens (including phenoxy) is 1. The molecule has 0 amide bonds. The van der Waals surface area contributed by atoms with Gasteiger partial charge in [-0.3, -0.25) is 0 Å². The quantitative estimate of drug-likeness (QED) is 0.904. The summed E-state index contributed by atoms with van der Waals surface area (Å²) in [6.07, 6.45) is 0. The summed E-state index contributed by atoms with van der Waals surface area (Å²) in [5.41, 5.74) is 0.857. The second-order valence-electron chi connectivity index (χ2n) is 4.61. The largest absolute Gasteiger partial charge is 0.437 e. The first-order valence-electron chi connectivity index (χ1n) is 6.23. The third-order valence-corrected chi connectivity index (χ3v) is 2.88. The molecule has 0 unspecified atom stereocenters. The molecule has 0 aliphatic rings. The summed E-state index contributed by atoms with van der Waals surface area (Å²) in [6, 6.07) is 9.01. The number of hydrogen-bond acceptors (Lipinski definition) is 4. The van der Waals surface area contributed by atoms with Crippen LogP contribution in [0.2, 0.25) is 10.0 Å². The van der Waals surface area contributed by atoms with Crippen molar-refractivity contribution in [2.24, 2.45) is 0 Å². The standard InChI is InChI=1S/C14H15Cl2N3O/c1-9(2)17-8-12-3-4-14(19-18-12)20-13-6-10(15)5-11(16)7-13/h3-7,9,17H,8H2,1-2H3. The van der Waals surface area contributed by atoms with Gasteiger partial charge < -0.3 is 10.1 Å². The van der Waals surface area contributed by atoms with Crippen molar-refractivity contribution < 1.29 is 4.74 Å². The lowest BCUT2D eigenvalue weighted by Gasteiger charge is -2.08. The number of hydrogen-bond donors (Lipinski definition) is 1. The monoisotopic (exact) mass is 311 g/mol. The van der Waals surface area contributed by atoms with Crippen molar-refractivity contribution >= 4 is 23.2 Å². The molecule has 0 atom stereocenters. The molecule has 4 nitrogen and oxygen atoms in total. The van der Waals surface area contributed by atoms with E-state index in [1.165, 1.54) is 0 Å². The van der Waals surface area contributed by atoms with Crippen LogP contribution < -0.4 is 10.1 Å². The Morgan fingerprint density at radius 2 is 1.80 bits per heavy atom. The minimum Gasteiger partial charge on any atom is -0.437 e. The van der Waals surface area contributed by atoms with Crippen molar-refractivity contribution in [2.75, 3.05) is 0 Å². The molecule has 1 aromatic heterocycles. The van der Waals surface area contributed by atoms with Crippen LogP contribution in [-0.4, -0.2) is 16.2 Å². The average Bonchev–Trinajstić information content (AvgIpc) is 2.36. The topological polar surface area (TPSA) is 47.0 Å². The van der Waals surface area contributed by atoms with Crippen LogP contribution in [0, 0.1) is 0 Å². The lowest BCUT2D eigenvalue weighted by atomic mass is 10.3. The molecule has 0 saturated carbocycles. The highest BCUT2D eigenvalue weighted by Gasteiger charge is 2.04. The molecule has 0 radical (unpaired) electrons. The summed E-state index contributed by atoms with van der Waals surface area (Å²) >= 11 is 11.8. The Hall–Kier alpha value is -1.36. The molecule has 20 heavy (non-hydrogen) atoms. The molecule has 2 rings (SSSR count). The van der Waals surface area contributed by atoms with Gasteiger partial charge in [-0.25, -0.2) is 0 Å². The third-order valence-electron chi connectivity index (χ3n) is 2.45. The Bertz CT molecular complexity index is 553. The van der Waals surface area contributed by atoms with Crippen LogP contribution in [0.15, 0.2) is 30.3 Å². The predicted octanol–water partition coefficient (Wildman–Crippen LogP) is 4.07. The first-order chi connectivity index (χ1) is 9.52. The highest BCUT2D eigenvalue weighted by atomic mass is 35.5. The number of nitrogens with zero attached hydrogens (tertiary/aromatic N) is 2. The molecule has 0 bridgehead atoms. The van der Waals surface area contributed by atoms with Crippen LogP contribution in [-0.2, 0) is 6.54 Å². The minimum atomic E-state index is 0.400. The molecule has 2 aromatic rings. The summed E-state index contributed by atoms with van der Waals surface area (Å²) in [5.74, 6) is 0.932. The second-order valence-corrected chi connectivity index (χ2v) is 5.48. The molecule has 0 spiro atoms. The molecule has 0 fully saturated rings. The van der Waals surface area contributed by atoms with Gasteiger partial charge in [-0.2, -0.15) is 5.10 Å². The van der Waals surface area contributed by atoms with Crippen LogP contribution in [0.5, 0.6) is 11.6 Å². The molecular formula is C14H15Cl2N3O. The zero-order chi connectivity index (χ0) is 14.5. The Morgan fingerprint density at radius 1 is 1.10 bits per heavy atom. The van der Waals surface area contributed by atoms with E-state index in [2.05, 4.69) is 29.4 Å². The fraction of sp³-hybridized carbons (Fsp3) is 0.286. The van der Waals surface area contributed by atoms with E-state index in [0.29, 0.717) is 34.3 Å². The van der Waals surface area contributed by atoms with E-state index in [4.69, 9.17) is 27.9 Å². The first kappa shape index (κ1) is 15.0. The number of benzene rings is 1. The maximum absolute atomic E-state index is 5.90. The lowest BCUT2D eigenvalue weighted by molar-refractivity contribution is 0.452. The van der Waals surface area contributed by atoms with Gasteiger partial charge in [0.1, 0.15) is 5.75 Å². The zero-order valence-electron chi connectivity index (χ0n) is 11.2. The molecule has 1 aromatic carbocycles. The van der Waals surface area contributed by atoms with Crippen molar-refractivity contribution in [3.8, 4) is 11.6 Å². The molecule has 1 N–H and O–H groups in total. The van der Waals surface area contributed by atoms with E-state index in [0.717, 1.165) is 5.69 Å². The van der Waals surface area contributed by atoms with Gasteiger partial charge in [0.15, 0.2) is 0 Å². The van der Waals surface area contributed by atoms with Gasteiger partial charge in [-0.15, -0.1) is 5.10 Å². The zero-order valence-corrected chi connectivity index (χ0v) is 12.7. The number of nitrogens with one attached hydrogen (secondary N) is 1. The van der Waals surface area contributed by atoms with Crippen LogP contribution in [0.1, 0.15) is 19.5 Å². The van der Waals surface area contributed by atoms with E-state index in [9.17, 15) is 0 Å². The third kappa shape index (κ3) is 4.63. The maximum atomic E-state index is 5.90. The fourth-order valence-corrected chi connectivity index (χ4v) is 2.02. The SMILES string of the molecule is CC(C)NCc1ccc(Oc2cc(Cl)cc(Cl)c2)nn1. The van der Waals surface area contributed by atoms with Crippen molar-refractivity contribution in [3.63, 3.8) is 0 Å². The van der Waals surface area contributed by atoms with Crippen LogP contribution in [0.3, 0.4) is 0 Å². The molecule has 0 saturated heterocycles. The van der Waals surface area contributed by atoms with Crippen molar-refractivity contribution in [1.29, 1.82) is 0 Å². The predicted molar refractivity (Wildman–Crippen MR) is 80.5 cm³/mol. The van der Waals surface area contributed by atoms with Crippen LogP contribution in [0.4, 0.5) is 0 Å². The van der Waals surface area contributed by atoms with Crippen LogP contribution >= 0.6 is 23.2 Å². The van der Waals surface area contributed by atoms with Crippen LogP contribution in [0.25, 0.3) is 0 Å². The Kier molecular flexibility index (Phi) is 5.17. The fourth-order valence-electron chi connectivity index (χ4n) is 1.51. The summed E-state index contributed by atoms with van der Waals surface area (Å²) < 4.78 is 5.56. The second kappa shape index (κ2) is 6.88. The average molecular weight is 312 g/mol. The molecule has 6 heteroatoms. The van der Waals surface area contributed by atoms with E-state index < -0.39 is 0 Å². The van der Waals surface area contributed by atoms with E-state index in [1.54, 1.807) is 24.3 Å². The highest BCUT2D eigenvalue weighted by Crippen LogP contribution is 2.27. The number of aromatic nitrogens is 2. The molecule has 1 heterocycles. The Morgan fingerprint density at radius 3 is 2.35 bits per heavy atom. The highest BCUT2D eigenvalue weighted by molar-refractivity contribution is 6.34. The lowest BCUT2D eigenvalue weighted by Crippen LogP contribution is -2.22. The minimum absolute atomic E-state index is 0.400. The van der Waals surface area contributed by atoms with Gasteiger partial charge in [0.25, 0.3) is 0 Å². The Balaban J connectivity index is 2.03. The summed E-state index contributed by atoms with van der Waals surface area (Å²) in [6.45, 7) is 4.83. The van der Waals surface area contributed by atoms with Crippen molar-refractivity contribution in [3.05, 3.63) is 46.1 Å². The number of halogens is 2. The van der Waals surface area contributed by atoms with Gasteiger partial charge in [0.05, 0.1) is 5.69 Å². The Labute approximate surface area is 128 Å². The van der Waals surface area contributed by atoms with Gasteiger partial charge in [-0.05, 0) is 24.3 Å². The smallest absolute Gasteiger partial charge is 0.238 e. The van der Waals surface area contributed by atoms with Gasteiger partial charge in [-0.1, -0.05) is 37.0 Å². The summed E-state index contributed by atoms with van der Waals surface area (Å²) in [4.78, 5) is 0. The first-order valence-corrected chi connectivity index (χ1v) is 6.98. The number of rotatable bonds is 5. The molecule has 0 aliphatic heterocycles. The van der Waals surface area contributed by atoms with Crippen molar-refractivity contribution in [2.45, 2.75) is 26.4 Å². The van der Waals surface area contributed by atoms with E-state index in [1.807, 2.05) is 6.07 Å². The van der Waals surface area contributed by atoms with Gasteiger partial charge in [0, 0.05) is 28.7 Å². The summed E-state index contributed by atoms with van der Waals surface area (Å²) in [7, 11) is 0. The summed E-state index contributed by atoms with van der Waals surface area (Å²) in [5, 5.41) is 12.4. The van der Waals surface area contributed by atoms with E-state index in [-0.39, 0.29) is 0 Å². The normalized spacial score (nSPS) is 10.8. The van der Waals surface area contributed by atoms with Gasteiger partial charge in [0.2, 0.25) is 5.88 Å². The molecule has 106 valence electrons. The molecular weight excluding hydrogens is 297 g/mol. The van der Waals surface area contributed by atoms with Gasteiger partial charge >= 0.3 is 0 Å². The van der Waals surface area contributed by atoms with Crippen molar-refractivity contribution in [1.82, 2.24) is 15.5 Å². The molecule has 0 aliphatic carbocycles. The van der Waals surface area contributed by atoms with E-state index >= 15 is 0 Å². The maximum Gasteiger partial charge on any atom is 0.238 e.